The Kier molecular flexibility index (Phi) is 4.54. The maximum Gasteiger partial charge on any atom is 0.270 e. The molecule has 1 amide bonds. The molecule has 0 N–H and O–H groups in total. The van der Waals surface area contributed by atoms with E-state index in [0.29, 0.717) is 19.3 Å². The topological polar surface area (TPSA) is 20.3 Å². The van der Waals surface area contributed by atoms with Gasteiger partial charge in [0.15, 0.2) is 4.32 Å². The monoisotopic (exact) mass is 365 g/mol. The molecule has 2 aromatic rings. The van der Waals surface area contributed by atoms with E-state index in [0.717, 1.165) is 11.3 Å². The van der Waals surface area contributed by atoms with E-state index in [-0.39, 0.29) is 5.91 Å². The van der Waals surface area contributed by atoms with E-state index >= 15 is 0 Å². The van der Waals surface area contributed by atoms with Crippen LogP contribution in [0.3, 0.4) is 0 Å². The van der Waals surface area contributed by atoms with E-state index in [9.17, 15) is 4.79 Å². The summed E-state index contributed by atoms with van der Waals surface area (Å²) in [5, 5.41) is 0.935. The zero-order valence-corrected chi connectivity index (χ0v) is 14.3. The van der Waals surface area contributed by atoms with Crippen LogP contribution in [0.25, 0.3) is 6.08 Å². The van der Waals surface area contributed by atoms with Gasteiger partial charge in [-0.2, -0.15) is 0 Å². The number of thiocarbonyl (C=S) groups is 1. The van der Waals surface area contributed by atoms with Crippen molar-refractivity contribution in [2.45, 2.75) is 0 Å². The Morgan fingerprint density at radius 3 is 2.45 bits per heavy atom. The number of hydrogen-bond acceptors (Lipinski definition) is 3. The summed E-state index contributed by atoms with van der Waals surface area (Å²) in [7, 11) is 0. The van der Waals surface area contributed by atoms with Crippen molar-refractivity contribution >= 4 is 69.2 Å². The molecule has 22 heavy (non-hydrogen) atoms. The fraction of sp³-hybridized carbons (Fsp3) is 0. The Hall–Kier alpha value is -1.33. The molecule has 2 nitrogen and oxygen atoms in total. The largest absolute Gasteiger partial charge is 0.270 e. The van der Waals surface area contributed by atoms with E-state index in [1.807, 2.05) is 36.4 Å². The van der Waals surface area contributed by atoms with Gasteiger partial charge in [-0.1, -0.05) is 71.4 Å². The lowest BCUT2D eigenvalue weighted by atomic mass is 10.2. The van der Waals surface area contributed by atoms with Crippen molar-refractivity contribution in [2.24, 2.45) is 0 Å². The molecule has 2 aromatic carbocycles. The number of rotatable bonds is 2. The summed E-state index contributed by atoms with van der Waals surface area (Å²) in [5.74, 6) is -0.132. The van der Waals surface area contributed by atoms with Crippen LogP contribution < -0.4 is 4.90 Å². The van der Waals surface area contributed by atoms with Crippen LogP contribution in [0.1, 0.15) is 5.56 Å². The summed E-state index contributed by atoms with van der Waals surface area (Å²) in [5.41, 5.74) is 1.57. The average molecular weight is 366 g/mol. The maximum absolute atomic E-state index is 12.6. The summed E-state index contributed by atoms with van der Waals surface area (Å²) < 4.78 is 0.516. The van der Waals surface area contributed by atoms with Crippen LogP contribution >= 0.6 is 47.2 Å². The van der Waals surface area contributed by atoms with Crippen LogP contribution in [0.5, 0.6) is 0 Å². The maximum atomic E-state index is 12.6. The molecule has 0 aromatic heterocycles. The van der Waals surface area contributed by atoms with Gasteiger partial charge in [0.25, 0.3) is 5.91 Å². The second-order valence-electron chi connectivity index (χ2n) is 4.53. The highest BCUT2D eigenvalue weighted by molar-refractivity contribution is 8.27. The Labute approximate surface area is 147 Å². The molecule has 0 unspecified atom stereocenters. The normalized spacial score (nSPS) is 16.6. The van der Waals surface area contributed by atoms with E-state index in [1.54, 1.807) is 18.2 Å². The number of para-hydroxylation sites is 1. The van der Waals surface area contributed by atoms with E-state index in [1.165, 1.54) is 16.7 Å². The Morgan fingerprint density at radius 1 is 1.05 bits per heavy atom. The molecular formula is C16H9Cl2NOS2. The number of amides is 1. The number of anilines is 1. The highest BCUT2D eigenvalue weighted by Crippen LogP contribution is 2.36. The Bertz CT molecular complexity index is 790. The summed E-state index contributed by atoms with van der Waals surface area (Å²) >= 11 is 18.5. The second-order valence-corrected chi connectivity index (χ2v) is 7.02. The number of hydrogen-bond donors (Lipinski definition) is 0. The van der Waals surface area contributed by atoms with Gasteiger partial charge >= 0.3 is 0 Å². The number of thioether (sulfide) groups is 1. The highest BCUT2D eigenvalue weighted by Gasteiger charge is 2.33. The van der Waals surface area contributed by atoms with Gasteiger partial charge in [0.1, 0.15) is 0 Å². The van der Waals surface area contributed by atoms with Crippen molar-refractivity contribution in [1.82, 2.24) is 0 Å². The first kappa shape index (κ1) is 15.6. The van der Waals surface area contributed by atoms with Crippen molar-refractivity contribution in [3.8, 4) is 0 Å². The van der Waals surface area contributed by atoms with Crippen LogP contribution in [-0.4, -0.2) is 10.2 Å². The molecular weight excluding hydrogens is 357 g/mol. The Balaban J connectivity index is 1.93. The van der Waals surface area contributed by atoms with Gasteiger partial charge in [0.05, 0.1) is 20.6 Å². The molecule has 0 atom stereocenters. The predicted molar refractivity (Wildman–Crippen MR) is 98.6 cm³/mol. The molecule has 3 rings (SSSR count). The minimum Gasteiger partial charge on any atom is -0.268 e. The fourth-order valence-electron chi connectivity index (χ4n) is 2.02. The summed E-state index contributed by atoms with van der Waals surface area (Å²) in [6, 6.07) is 14.6. The number of halogens is 2. The first-order chi connectivity index (χ1) is 10.6. The number of carbonyl (C=O) groups excluding carboxylic acids is 1. The smallest absolute Gasteiger partial charge is 0.268 e. The van der Waals surface area contributed by atoms with Crippen LogP contribution in [-0.2, 0) is 4.79 Å². The van der Waals surface area contributed by atoms with Crippen molar-refractivity contribution in [3.63, 3.8) is 0 Å². The third-order valence-electron chi connectivity index (χ3n) is 3.05. The zero-order valence-electron chi connectivity index (χ0n) is 11.1. The molecule has 0 saturated carbocycles. The summed E-state index contributed by atoms with van der Waals surface area (Å²) in [6.45, 7) is 0. The highest BCUT2D eigenvalue weighted by atomic mass is 35.5. The van der Waals surface area contributed by atoms with Crippen molar-refractivity contribution < 1.29 is 4.79 Å². The lowest BCUT2D eigenvalue weighted by Gasteiger charge is -2.13. The average Bonchev–Trinajstić information content (AvgIpc) is 2.78. The number of carbonyl (C=O) groups is 1. The van der Waals surface area contributed by atoms with Gasteiger partial charge in [0, 0.05) is 0 Å². The zero-order chi connectivity index (χ0) is 15.7. The van der Waals surface area contributed by atoms with Crippen molar-refractivity contribution in [3.05, 3.63) is 69.0 Å². The van der Waals surface area contributed by atoms with Crippen LogP contribution in [0.15, 0.2) is 53.4 Å². The van der Waals surface area contributed by atoms with Crippen LogP contribution in [0.4, 0.5) is 5.69 Å². The van der Waals surface area contributed by atoms with Gasteiger partial charge in [-0.15, -0.1) is 0 Å². The molecule has 0 radical (unpaired) electrons. The number of benzene rings is 2. The van der Waals surface area contributed by atoms with Crippen LogP contribution in [0.2, 0.25) is 10.0 Å². The third kappa shape index (κ3) is 3.06. The molecule has 1 aliphatic heterocycles. The van der Waals surface area contributed by atoms with Gasteiger partial charge in [-0.25, -0.2) is 0 Å². The van der Waals surface area contributed by atoms with Gasteiger partial charge in [0.2, 0.25) is 0 Å². The molecule has 110 valence electrons. The van der Waals surface area contributed by atoms with Gasteiger partial charge < -0.3 is 0 Å². The quantitative estimate of drug-likeness (QED) is 0.524. The lowest BCUT2D eigenvalue weighted by Crippen LogP contribution is -2.27. The van der Waals surface area contributed by atoms with Gasteiger partial charge in [-0.05, 0) is 35.9 Å². The van der Waals surface area contributed by atoms with Crippen molar-refractivity contribution in [2.75, 3.05) is 4.90 Å². The van der Waals surface area contributed by atoms with Crippen molar-refractivity contribution in [1.29, 1.82) is 0 Å². The Morgan fingerprint density at radius 2 is 1.77 bits per heavy atom. The fourth-order valence-corrected chi connectivity index (χ4v) is 3.63. The minimum atomic E-state index is -0.132. The number of nitrogens with zero attached hydrogens (tertiary/aromatic N) is 1. The van der Waals surface area contributed by atoms with E-state index in [4.69, 9.17) is 35.4 Å². The molecule has 1 fully saturated rings. The van der Waals surface area contributed by atoms with Crippen LogP contribution in [0, 0.1) is 0 Å². The lowest BCUT2D eigenvalue weighted by molar-refractivity contribution is -0.113. The SMILES string of the molecule is O=C1C(=Cc2ccc(Cl)c(Cl)c2)SC(=S)N1c1ccccc1. The van der Waals surface area contributed by atoms with E-state index in [2.05, 4.69) is 0 Å². The molecule has 0 bridgehead atoms. The van der Waals surface area contributed by atoms with E-state index < -0.39 is 0 Å². The molecule has 1 aliphatic rings. The predicted octanol–water partition coefficient (Wildman–Crippen LogP) is 5.40. The standard InChI is InChI=1S/C16H9Cl2NOS2/c17-12-7-6-10(8-13(12)18)9-14-15(20)19(16(21)22-14)11-4-2-1-3-5-11/h1-9H. The molecule has 0 aliphatic carbocycles. The first-order valence-corrected chi connectivity index (χ1v) is 8.32. The molecule has 1 saturated heterocycles. The first-order valence-electron chi connectivity index (χ1n) is 6.34. The summed E-state index contributed by atoms with van der Waals surface area (Å²) in [6.07, 6.45) is 1.77. The molecule has 0 spiro atoms. The molecule has 1 heterocycles. The molecule has 6 heteroatoms. The summed E-state index contributed by atoms with van der Waals surface area (Å²) in [4.78, 5) is 14.7. The third-order valence-corrected chi connectivity index (χ3v) is 5.09. The minimum absolute atomic E-state index is 0.132. The van der Waals surface area contributed by atoms with Gasteiger partial charge in [-0.3, -0.25) is 9.69 Å². The second kappa shape index (κ2) is 6.42.